The number of carbonyl (C=O) groups is 1. The van der Waals surface area contributed by atoms with Crippen molar-refractivity contribution in [2.75, 3.05) is 0 Å². The van der Waals surface area contributed by atoms with Crippen LogP contribution in [0.2, 0.25) is 4.34 Å². The van der Waals surface area contributed by atoms with Gasteiger partial charge >= 0.3 is 0 Å². The van der Waals surface area contributed by atoms with Crippen molar-refractivity contribution in [2.45, 2.75) is 12.3 Å². The summed E-state index contributed by atoms with van der Waals surface area (Å²) in [6.45, 7) is 0. The minimum absolute atomic E-state index is 0.133. The smallest absolute Gasteiger partial charge is 0.176 e. The Morgan fingerprint density at radius 3 is 2.67 bits per heavy atom. The third-order valence-electron chi connectivity index (χ3n) is 3.24. The number of rotatable bonds is 3. The molecule has 2 unspecified atom stereocenters. The first-order chi connectivity index (χ1) is 8.66. The molecule has 92 valence electrons. The van der Waals surface area contributed by atoms with E-state index in [1.165, 1.54) is 16.9 Å². The molecule has 3 rings (SSSR count). The summed E-state index contributed by atoms with van der Waals surface area (Å²) in [5.74, 6) is 0.744. The predicted octanol–water partition coefficient (Wildman–Crippen LogP) is 5.15. The van der Waals surface area contributed by atoms with Crippen LogP contribution in [0.15, 0.2) is 40.9 Å². The molecule has 1 aromatic heterocycles. The standard InChI is InChI=1S/C14H10BrClOS/c15-11-7-12(18-14(11)16)13(17)10-6-9(10)8-4-2-1-3-5-8/h1-5,7,9-10H,6H2. The van der Waals surface area contributed by atoms with Gasteiger partial charge in [0.1, 0.15) is 4.34 Å². The fourth-order valence-corrected chi connectivity index (χ4v) is 3.91. The Labute approximate surface area is 123 Å². The van der Waals surface area contributed by atoms with Gasteiger partial charge < -0.3 is 0 Å². The topological polar surface area (TPSA) is 17.1 Å². The van der Waals surface area contributed by atoms with E-state index in [-0.39, 0.29) is 11.7 Å². The Bertz CT molecular complexity index is 574. The van der Waals surface area contributed by atoms with E-state index in [1.54, 1.807) is 0 Å². The lowest BCUT2D eigenvalue weighted by atomic mass is 10.1. The fraction of sp³-hybridized carbons (Fsp3) is 0.214. The Kier molecular flexibility index (Phi) is 3.31. The molecule has 0 bridgehead atoms. The van der Waals surface area contributed by atoms with E-state index in [1.807, 2.05) is 24.3 Å². The predicted molar refractivity (Wildman–Crippen MR) is 78.6 cm³/mol. The number of benzene rings is 1. The van der Waals surface area contributed by atoms with E-state index >= 15 is 0 Å². The van der Waals surface area contributed by atoms with Gasteiger partial charge in [0.2, 0.25) is 0 Å². The van der Waals surface area contributed by atoms with Crippen molar-refractivity contribution in [3.8, 4) is 0 Å². The Hall–Kier alpha value is -0.640. The lowest BCUT2D eigenvalue weighted by molar-refractivity contribution is 0.0969. The van der Waals surface area contributed by atoms with Gasteiger partial charge in [-0.2, -0.15) is 0 Å². The first-order valence-corrected chi connectivity index (χ1v) is 7.69. The SMILES string of the molecule is O=C(c1cc(Br)c(Cl)s1)C1CC1c1ccccc1. The molecule has 1 saturated carbocycles. The van der Waals surface area contributed by atoms with Crippen LogP contribution in [0.3, 0.4) is 0 Å². The summed E-state index contributed by atoms with van der Waals surface area (Å²) in [7, 11) is 0. The van der Waals surface area contributed by atoms with E-state index in [0.717, 1.165) is 15.8 Å². The molecule has 1 fully saturated rings. The quantitative estimate of drug-likeness (QED) is 0.706. The van der Waals surface area contributed by atoms with Crippen LogP contribution in [0.4, 0.5) is 0 Å². The van der Waals surface area contributed by atoms with Gasteiger partial charge in [-0.25, -0.2) is 0 Å². The third-order valence-corrected chi connectivity index (χ3v) is 5.73. The number of Topliss-reactive ketones (excluding diaryl/α,β-unsaturated/α-hetero) is 1. The van der Waals surface area contributed by atoms with Gasteiger partial charge in [-0.15, -0.1) is 11.3 Å². The largest absolute Gasteiger partial charge is 0.293 e. The first-order valence-electron chi connectivity index (χ1n) is 5.71. The number of halogens is 2. The third kappa shape index (κ3) is 2.27. The highest BCUT2D eigenvalue weighted by molar-refractivity contribution is 9.10. The summed E-state index contributed by atoms with van der Waals surface area (Å²) in [6.07, 6.45) is 0.954. The van der Waals surface area contributed by atoms with Crippen molar-refractivity contribution in [1.82, 2.24) is 0 Å². The molecular weight excluding hydrogens is 332 g/mol. The number of carbonyl (C=O) groups excluding carboxylic acids is 1. The Morgan fingerprint density at radius 2 is 2.06 bits per heavy atom. The zero-order valence-electron chi connectivity index (χ0n) is 9.40. The number of hydrogen-bond acceptors (Lipinski definition) is 2. The van der Waals surface area contributed by atoms with Crippen molar-refractivity contribution < 1.29 is 4.79 Å². The lowest BCUT2D eigenvalue weighted by Gasteiger charge is -1.98. The summed E-state index contributed by atoms with van der Waals surface area (Å²) in [6, 6.07) is 12.1. The molecule has 0 amide bonds. The van der Waals surface area contributed by atoms with Crippen LogP contribution >= 0.6 is 38.9 Å². The van der Waals surface area contributed by atoms with Crippen molar-refractivity contribution >= 4 is 44.7 Å². The van der Waals surface area contributed by atoms with E-state index < -0.39 is 0 Å². The molecule has 0 saturated heterocycles. The van der Waals surface area contributed by atoms with Crippen molar-refractivity contribution in [1.29, 1.82) is 0 Å². The second-order valence-electron chi connectivity index (χ2n) is 4.46. The normalized spacial score (nSPS) is 21.9. The fourth-order valence-electron chi connectivity index (χ4n) is 2.20. The maximum absolute atomic E-state index is 12.3. The summed E-state index contributed by atoms with van der Waals surface area (Å²) in [4.78, 5) is 13.0. The molecule has 1 heterocycles. The number of thiophene rings is 1. The second-order valence-corrected chi connectivity index (χ2v) is 6.96. The minimum Gasteiger partial charge on any atom is -0.293 e. The second kappa shape index (κ2) is 4.80. The van der Waals surface area contributed by atoms with Crippen LogP contribution in [0.1, 0.15) is 27.6 Å². The van der Waals surface area contributed by atoms with Gasteiger partial charge in [0.25, 0.3) is 0 Å². The molecule has 1 aliphatic carbocycles. The first kappa shape index (κ1) is 12.4. The molecule has 1 nitrogen and oxygen atoms in total. The van der Waals surface area contributed by atoms with Crippen molar-refractivity contribution in [3.63, 3.8) is 0 Å². The molecular formula is C14H10BrClOS. The van der Waals surface area contributed by atoms with Crippen molar-refractivity contribution in [2.24, 2.45) is 5.92 Å². The maximum atomic E-state index is 12.3. The van der Waals surface area contributed by atoms with E-state index in [9.17, 15) is 4.79 Å². The van der Waals surface area contributed by atoms with Gasteiger partial charge in [-0.3, -0.25) is 4.79 Å². The molecule has 4 heteroatoms. The van der Waals surface area contributed by atoms with E-state index in [4.69, 9.17) is 11.6 Å². The summed E-state index contributed by atoms with van der Waals surface area (Å²) in [5.41, 5.74) is 1.26. The number of hydrogen-bond donors (Lipinski definition) is 0. The molecule has 0 spiro atoms. The molecule has 18 heavy (non-hydrogen) atoms. The average molecular weight is 342 g/mol. The molecule has 0 radical (unpaired) electrons. The van der Waals surface area contributed by atoms with Gasteiger partial charge in [0.15, 0.2) is 5.78 Å². The maximum Gasteiger partial charge on any atom is 0.176 e. The number of ketones is 1. The molecule has 1 aromatic carbocycles. The molecule has 1 aliphatic rings. The highest BCUT2D eigenvalue weighted by Gasteiger charge is 2.44. The van der Waals surface area contributed by atoms with Gasteiger partial charge in [0.05, 0.1) is 4.88 Å². The lowest BCUT2D eigenvalue weighted by Crippen LogP contribution is -2.00. The average Bonchev–Trinajstić information content (AvgIpc) is 3.11. The molecule has 0 aliphatic heterocycles. The van der Waals surface area contributed by atoms with Crippen LogP contribution in [-0.2, 0) is 0 Å². The molecule has 2 atom stereocenters. The Morgan fingerprint density at radius 1 is 1.33 bits per heavy atom. The van der Waals surface area contributed by atoms with Crippen LogP contribution in [0.5, 0.6) is 0 Å². The highest BCUT2D eigenvalue weighted by Crippen LogP contribution is 2.50. The molecule has 2 aromatic rings. The van der Waals surface area contributed by atoms with Crippen LogP contribution < -0.4 is 0 Å². The summed E-state index contributed by atoms with van der Waals surface area (Å²) < 4.78 is 1.46. The van der Waals surface area contributed by atoms with Crippen LogP contribution in [0, 0.1) is 5.92 Å². The Balaban J connectivity index is 1.77. The highest BCUT2D eigenvalue weighted by atomic mass is 79.9. The van der Waals surface area contributed by atoms with Crippen molar-refractivity contribution in [3.05, 3.63) is 55.6 Å². The molecule has 0 N–H and O–H groups in total. The van der Waals surface area contributed by atoms with Crippen LogP contribution in [0.25, 0.3) is 0 Å². The van der Waals surface area contributed by atoms with Crippen LogP contribution in [-0.4, -0.2) is 5.78 Å². The van der Waals surface area contributed by atoms with E-state index in [0.29, 0.717) is 10.3 Å². The van der Waals surface area contributed by atoms with Gasteiger partial charge in [-0.1, -0.05) is 41.9 Å². The summed E-state index contributed by atoms with van der Waals surface area (Å²) >= 11 is 10.7. The van der Waals surface area contributed by atoms with Gasteiger partial charge in [-0.05, 0) is 39.9 Å². The monoisotopic (exact) mass is 340 g/mol. The minimum atomic E-state index is 0.133. The van der Waals surface area contributed by atoms with Gasteiger partial charge in [0, 0.05) is 10.4 Å². The van der Waals surface area contributed by atoms with E-state index in [2.05, 4.69) is 28.1 Å². The summed E-state index contributed by atoms with van der Waals surface area (Å²) in [5, 5.41) is 0. The zero-order valence-corrected chi connectivity index (χ0v) is 12.6. The zero-order chi connectivity index (χ0) is 12.7.